The van der Waals surface area contributed by atoms with Crippen molar-refractivity contribution in [3.63, 3.8) is 0 Å². The Bertz CT molecular complexity index is 1040. The number of aliphatic imine (C=N–C) groups is 2. The first-order chi connectivity index (χ1) is 14.3. The van der Waals surface area contributed by atoms with Crippen LogP contribution in [0.1, 0.15) is 0 Å². The SMILES string of the molecule is N/C(=N\c1nc([N+](=O)[O-])no1)Nc1nnc(N/C(N)=N/c2nc([N+](=O)[O-])no2)nn1. The molecule has 0 aliphatic carbocycles. The van der Waals surface area contributed by atoms with E-state index in [0.717, 1.165) is 0 Å². The van der Waals surface area contributed by atoms with Gasteiger partial charge in [-0.1, -0.05) is 0 Å². The number of anilines is 2. The Morgan fingerprint density at radius 3 is 1.47 bits per heavy atom. The minimum atomic E-state index is -0.885. The molecule has 0 bridgehead atoms. The first-order valence-electron chi connectivity index (χ1n) is 7.06. The van der Waals surface area contributed by atoms with Crippen LogP contribution in [0, 0.1) is 20.2 Å². The average molecular weight is 422 g/mol. The Balaban J connectivity index is 1.61. The van der Waals surface area contributed by atoms with E-state index in [1.807, 2.05) is 0 Å². The van der Waals surface area contributed by atoms with Gasteiger partial charge in [-0.3, -0.25) is 10.6 Å². The van der Waals surface area contributed by atoms with E-state index in [1.54, 1.807) is 0 Å². The maximum absolute atomic E-state index is 10.5. The minimum absolute atomic E-state index is 0.223. The van der Waals surface area contributed by atoms with E-state index in [-0.39, 0.29) is 23.8 Å². The summed E-state index contributed by atoms with van der Waals surface area (Å²) in [7, 11) is 0. The van der Waals surface area contributed by atoms with Crippen LogP contribution in [-0.4, -0.2) is 62.4 Å². The Kier molecular flexibility index (Phi) is 5.19. The van der Waals surface area contributed by atoms with Gasteiger partial charge in [-0.15, -0.1) is 30.4 Å². The van der Waals surface area contributed by atoms with E-state index < -0.39 is 33.8 Å². The molecule has 0 saturated heterocycles. The fourth-order valence-corrected chi connectivity index (χ4v) is 1.48. The van der Waals surface area contributed by atoms with Crippen molar-refractivity contribution in [2.75, 3.05) is 10.6 Å². The molecule has 22 heteroatoms. The summed E-state index contributed by atoms with van der Waals surface area (Å²) in [6.07, 6.45) is 0. The number of nitro groups is 2. The maximum Gasteiger partial charge on any atom is 0.512 e. The van der Waals surface area contributed by atoms with Crippen LogP contribution >= 0.6 is 0 Å². The van der Waals surface area contributed by atoms with Gasteiger partial charge in [-0.25, -0.2) is 9.05 Å². The molecule has 0 aliphatic rings. The van der Waals surface area contributed by atoms with E-state index in [9.17, 15) is 20.2 Å². The third-order valence-electron chi connectivity index (χ3n) is 2.53. The van der Waals surface area contributed by atoms with E-state index >= 15 is 0 Å². The summed E-state index contributed by atoms with van der Waals surface area (Å²) in [4.78, 5) is 32.9. The molecule has 0 atom stereocenters. The summed E-state index contributed by atoms with van der Waals surface area (Å²) in [5.74, 6) is -2.77. The van der Waals surface area contributed by atoms with Crippen molar-refractivity contribution in [2.45, 2.75) is 0 Å². The van der Waals surface area contributed by atoms with Crippen LogP contribution in [0.3, 0.4) is 0 Å². The summed E-state index contributed by atoms with van der Waals surface area (Å²) in [5.41, 5.74) is 11.1. The molecule has 30 heavy (non-hydrogen) atoms. The average Bonchev–Trinajstić information content (AvgIpc) is 3.33. The van der Waals surface area contributed by atoms with Crippen molar-refractivity contribution in [1.82, 2.24) is 40.7 Å². The lowest BCUT2D eigenvalue weighted by atomic mass is 10.8. The normalized spacial score (nSPS) is 11.9. The number of nitrogens with zero attached hydrogens (tertiary/aromatic N) is 12. The molecule has 3 heterocycles. The highest BCUT2D eigenvalue weighted by Gasteiger charge is 2.19. The van der Waals surface area contributed by atoms with Crippen molar-refractivity contribution in [1.29, 1.82) is 0 Å². The first kappa shape index (κ1) is 19.3. The number of guanidine groups is 2. The van der Waals surface area contributed by atoms with Gasteiger partial charge in [0.2, 0.25) is 11.9 Å². The van der Waals surface area contributed by atoms with Crippen molar-refractivity contribution in [2.24, 2.45) is 21.5 Å². The second-order valence-corrected chi connectivity index (χ2v) is 4.56. The summed E-state index contributed by atoms with van der Waals surface area (Å²) in [5, 5.41) is 46.1. The number of rotatable bonds is 6. The molecule has 22 nitrogen and oxygen atoms in total. The second-order valence-electron chi connectivity index (χ2n) is 4.56. The smallest absolute Gasteiger partial charge is 0.390 e. The monoisotopic (exact) mass is 422 g/mol. The van der Waals surface area contributed by atoms with Gasteiger partial charge in [0.15, 0.2) is 0 Å². The van der Waals surface area contributed by atoms with Gasteiger partial charge in [-0.2, -0.15) is 0 Å². The fourth-order valence-electron chi connectivity index (χ4n) is 1.48. The van der Waals surface area contributed by atoms with E-state index in [4.69, 9.17) is 11.5 Å². The molecule has 0 fully saturated rings. The van der Waals surface area contributed by atoms with Crippen molar-refractivity contribution in [3.8, 4) is 0 Å². The molecule has 3 aromatic heterocycles. The molecule has 0 spiro atoms. The molecule has 3 rings (SSSR count). The van der Waals surface area contributed by atoms with E-state index in [2.05, 4.69) is 70.3 Å². The third-order valence-corrected chi connectivity index (χ3v) is 2.53. The van der Waals surface area contributed by atoms with Crippen molar-refractivity contribution < 1.29 is 18.9 Å². The zero-order chi connectivity index (χ0) is 21.7. The zero-order valence-electron chi connectivity index (χ0n) is 14.0. The van der Waals surface area contributed by atoms with E-state index in [1.165, 1.54) is 0 Å². The third kappa shape index (κ3) is 4.84. The van der Waals surface area contributed by atoms with Crippen LogP contribution < -0.4 is 22.1 Å². The highest BCUT2D eigenvalue weighted by atomic mass is 16.6. The van der Waals surface area contributed by atoms with Gasteiger partial charge in [0.05, 0.1) is 0 Å². The Morgan fingerprint density at radius 1 is 0.800 bits per heavy atom. The number of hydrogen-bond acceptors (Lipinski definition) is 16. The Morgan fingerprint density at radius 2 is 1.17 bits per heavy atom. The lowest BCUT2D eigenvalue weighted by Crippen LogP contribution is -2.26. The molecule has 154 valence electrons. The molecule has 0 aliphatic heterocycles. The highest BCUT2D eigenvalue weighted by Crippen LogP contribution is 2.13. The summed E-state index contributed by atoms with van der Waals surface area (Å²) >= 11 is 0. The quantitative estimate of drug-likeness (QED) is 0.144. The molecular formula is C8H6N16O6. The van der Waals surface area contributed by atoms with Crippen LogP contribution in [0.4, 0.5) is 35.8 Å². The molecule has 6 N–H and O–H groups in total. The van der Waals surface area contributed by atoms with Gasteiger partial charge in [-0.05, 0) is 19.8 Å². The summed E-state index contributed by atoms with van der Waals surface area (Å²) < 4.78 is 8.97. The summed E-state index contributed by atoms with van der Waals surface area (Å²) in [6.45, 7) is 0. The van der Waals surface area contributed by atoms with Gasteiger partial charge >= 0.3 is 23.9 Å². The van der Waals surface area contributed by atoms with Gasteiger partial charge in [0.1, 0.15) is 10.3 Å². The number of aromatic nitrogens is 8. The largest absolute Gasteiger partial charge is 0.512 e. The van der Waals surface area contributed by atoms with Gasteiger partial charge in [0, 0.05) is 0 Å². The molecule has 3 aromatic rings. The lowest BCUT2D eigenvalue weighted by Gasteiger charge is -2.02. The molecule has 0 radical (unpaired) electrons. The lowest BCUT2D eigenvalue weighted by molar-refractivity contribution is -0.395. The van der Waals surface area contributed by atoms with Crippen LogP contribution in [0.5, 0.6) is 0 Å². The fraction of sp³-hybridized carbons (Fsp3) is 0. The maximum atomic E-state index is 10.5. The molecule has 0 saturated carbocycles. The predicted octanol–water partition coefficient (Wildman–Crippen LogP) is -2.03. The van der Waals surface area contributed by atoms with Gasteiger partial charge < -0.3 is 31.7 Å². The predicted molar refractivity (Wildman–Crippen MR) is 89.3 cm³/mol. The van der Waals surface area contributed by atoms with Crippen LogP contribution in [0.25, 0.3) is 0 Å². The number of nitrogens with two attached hydrogens (primary N) is 2. The first-order valence-corrected chi connectivity index (χ1v) is 7.06. The topological polar surface area (TPSA) is 316 Å². The Hall–Kier alpha value is -5.44. The van der Waals surface area contributed by atoms with E-state index in [0.29, 0.717) is 0 Å². The van der Waals surface area contributed by atoms with Crippen LogP contribution in [0.15, 0.2) is 19.0 Å². The van der Waals surface area contributed by atoms with Crippen molar-refractivity contribution >= 4 is 47.7 Å². The minimum Gasteiger partial charge on any atom is -0.390 e. The zero-order valence-corrected chi connectivity index (χ0v) is 14.0. The highest BCUT2D eigenvalue weighted by molar-refractivity contribution is 5.92. The van der Waals surface area contributed by atoms with Crippen LogP contribution in [-0.2, 0) is 0 Å². The standard InChI is InChI=1S/C8H6N16O6/c9-1(13-7-15-5(21-29-7)23(25)26)11-3-17-19-4(20-18-3)12-2(10)14-8-16-6(22-30-8)24(27)28/h(H3,9,11,13,15,17,18,21)(H3,10,12,14,16,19,20,22). The molecular weight excluding hydrogens is 416 g/mol. The molecule has 0 aromatic carbocycles. The van der Waals surface area contributed by atoms with Crippen LogP contribution in [0.2, 0.25) is 0 Å². The Labute approximate surface area is 160 Å². The number of nitrogens with one attached hydrogen (secondary N) is 2. The van der Waals surface area contributed by atoms with Gasteiger partial charge in [0.25, 0.3) is 11.9 Å². The molecule has 0 amide bonds. The molecule has 0 unspecified atom stereocenters. The number of hydrogen-bond donors (Lipinski definition) is 4. The second kappa shape index (κ2) is 8.06. The van der Waals surface area contributed by atoms with Crippen molar-refractivity contribution in [3.05, 3.63) is 20.2 Å². The summed E-state index contributed by atoms with van der Waals surface area (Å²) in [6, 6.07) is -0.979.